The molecule has 0 radical (unpaired) electrons. The van der Waals surface area contributed by atoms with Gasteiger partial charge in [0, 0.05) is 0 Å². The van der Waals surface area contributed by atoms with Crippen LogP contribution in [0.5, 0.6) is 0 Å². The van der Waals surface area contributed by atoms with Crippen LogP contribution in [0.2, 0.25) is 0 Å². The van der Waals surface area contributed by atoms with E-state index in [4.69, 9.17) is 11.5 Å². The highest BCUT2D eigenvalue weighted by Gasteiger charge is 2.16. The zero-order valence-corrected chi connectivity index (χ0v) is 8.33. The first kappa shape index (κ1) is 11.0. The highest BCUT2D eigenvalue weighted by Crippen LogP contribution is 2.13. The van der Waals surface area contributed by atoms with E-state index in [1.54, 1.807) is 0 Å². The maximum Gasteiger partial charge on any atom is 0.274 e. The predicted molar refractivity (Wildman–Crippen MR) is 53.9 cm³/mol. The summed E-state index contributed by atoms with van der Waals surface area (Å²) >= 11 is 0. The number of nitrogens with zero attached hydrogens (tertiary/aromatic N) is 1. The highest BCUT2D eigenvalue weighted by atomic mass is 16.2. The topological polar surface area (TPSA) is 127 Å². The molecular weight excluding hydrogens is 198 g/mol. The van der Waals surface area contributed by atoms with Crippen molar-refractivity contribution in [2.75, 3.05) is 12.3 Å². The van der Waals surface area contributed by atoms with Crippen molar-refractivity contribution in [2.45, 2.75) is 13.3 Å². The molecule has 0 atom stereocenters. The van der Waals surface area contributed by atoms with Crippen molar-refractivity contribution < 1.29 is 9.59 Å². The molecule has 0 saturated heterocycles. The molecule has 6 N–H and O–H groups in total. The number of nitrogen functional groups attached to an aromatic ring is 1. The molecule has 2 amide bonds. The van der Waals surface area contributed by atoms with Crippen molar-refractivity contribution in [3.63, 3.8) is 0 Å². The molecule has 7 nitrogen and oxygen atoms in total. The number of H-pyrrole nitrogens is 1. The van der Waals surface area contributed by atoms with Crippen molar-refractivity contribution >= 4 is 17.5 Å². The lowest BCUT2D eigenvalue weighted by Gasteiger charge is -2.00. The standard InChI is InChI=1S/C8H13N5O2/c1-2-4-6(10)7(13-12-4)8(15)11-3-5(9)14/h2-3,10H2,1H3,(H2,9,14)(H,11,15)(H,12,13). The van der Waals surface area contributed by atoms with Crippen molar-refractivity contribution in [1.82, 2.24) is 15.5 Å². The second kappa shape index (κ2) is 4.45. The Kier molecular flexibility index (Phi) is 3.27. The molecule has 1 rings (SSSR count). The maximum absolute atomic E-state index is 11.4. The fraction of sp³-hybridized carbons (Fsp3) is 0.375. The van der Waals surface area contributed by atoms with Crippen LogP contribution in [-0.2, 0) is 11.2 Å². The van der Waals surface area contributed by atoms with Crippen LogP contribution < -0.4 is 16.8 Å². The summed E-state index contributed by atoms with van der Waals surface area (Å²) in [6.07, 6.45) is 0.655. The van der Waals surface area contributed by atoms with Gasteiger partial charge in [-0.1, -0.05) is 6.92 Å². The van der Waals surface area contributed by atoms with Gasteiger partial charge in [0.15, 0.2) is 5.69 Å². The second-order valence-electron chi connectivity index (χ2n) is 2.97. The zero-order chi connectivity index (χ0) is 11.4. The van der Waals surface area contributed by atoms with Gasteiger partial charge in [-0.15, -0.1) is 0 Å². The van der Waals surface area contributed by atoms with E-state index in [0.717, 1.165) is 0 Å². The molecular formula is C8H13N5O2. The average Bonchev–Trinajstić information content (AvgIpc) is 2.56. The number of aryl methyl sites for hydroxylation is 1. The number of amides is 2. The van der Waals surface area contributed by atoms with E-state index in [2.05, 4.69) is 15.5 Å². The molecule has 0 aliphatic rings. The Morgan fingerprint density at radius 2 is 2.20 bits per heavy atom. The fourth-order valence-electron chi connectivity index (χ4n) is 1.08. The van der Waals surface area contributed by atoms with Gasteiger partial charge in [0.2, 0.25) is 5.91 Å². The third-order valence-corrected chi connectivity index (χ3v) is 1.87. The number of carbonyl (C=O) groups is 2. The Labute approximate surface area is 86.2 Å². The van der Waals surface area contributed by atoms with Gasteiger partial charge in [-0.2, -0.15) is 5.10 Å². The summed E-state index contributed by atoms with van der Waals surface area (Å²) in [5.74, 6) is -1.13. The number of rotatable bonds is 4. The van der Waals surface area contributed by atoms with Crippen LogP contribution in [0.1, 0.15) is 23.1 Å². The molecule has 0 bridgehead atoms. The van der Waals surface area contributed by atoms with Gasteiger partial charge in [-0.25, -0.2) is 0 Å². The fourth-order valence-corrected chi connectivity index (χ4v) is 1.08. The molecule has 0 aliphatic carbocycles. The molecule has 0 fully saturated rings. The minimum absolute atomic E-state index is 0.0908. The summed E-state index contributed by atoms with van der Waals surface area (Å²) in [6, 6.07) is 0. The van der Waals surface area contributed by atoms with Crippen molar-refractivity contribution in [3.05, 3.63) is 11.4 Å². The van der Waals surface area contributed by atoms with Crippen molar-refractivity contribution in [3.8, 4) is 0 Å². The van der Waals surface area contributed by atoms with E-state index in [1.165, 1.54) is 0 Å². The summed E-state index contributed by atoms with van der Waals surface area (Å²) in [5.41, 5.74) is 11.6. The number of hydrogen-bond donors (Lipinski definition) is 4. The smallest absolute Gasteiger partial charge is 0.274 e. The largest absolute Gasteiger partial charge is 0.395 e. The Bertz CT molecular complexity index is 384. The number of anilines is 1. The van der Waals surface area contributed by atoms with E-state index < -0.39 is 11.8 Å². The van der Waals surface area contributed by atoms with Gasteiger partial charge in [0.05, 0.1) is 17.9 Å². The third-order valence-electron chi connectivity index (χ3n) is 1.87. The van der Waals surface area contributed by atoms with E-state index >= 15 is 0 Å². The van der Waals surface area contributed by atoms with Gasteiger partial charge < -0.3 is 16.8 Å². The van der Waals surface area contributed by atoms with Crippen molar-refractivity contribution in [1.29, 1.82) is 0 Å². The number of hydrogen-bond acceptors (Lipinski definition) is 4. The lowest BCUT2D eigenvalue weighted by Crippen LogP contribution is -2.33. The Balaban J connectivity index is 2.74. The molecule has 0 aromatic carbocycles. The first-order chi connectivity index (χ1) is 7.06. The first-order valence-corrected chi connectivity index (χ1v) is 4.45. The average molecular weight is 211 g/mol. The second-order valence-corrected chi connectivity index (χ2v) is 2.97. The minimum atomic E-state index is -0.617. The lowest BCUT2D eigenvalue weighted by atomic mass is 10.2. The van der Waals surface area contributed by atoms with Gasteiger partial charge in [-0.05, 0) is 6.42 Å². The summed E-state index contributed by atoms with van der Waals surface area (Å²) < 4.78 is 0. The van der Waals surface area contributed by atoms with Crippen LogP contribution in [0.4, 0.5) is 5.69 Å². The maximum atomic E-state index is 11.4. The summed E-state index contributed by atoms with van der Waals surface area (Å²) in [7, 11) is 0. The van der Waals surface area contributed by atoms with Crippen molar-refractivity contribution in [2.24, 2.45) is 5.73 Å². The van der Waals surface area contributed by atoms with Gasteiger partial charge in [0.1, 0.15) is 0 Å². The molecule has 0 spiro atoms. The monoisotopic (exact) mass is 211 g/mol. The Morgan fingerprint density at radius 3 is 2.67 bits per heavy atom. The zero-order valence-electron chi connectivity index (χ0n) is 8.33. The molecule has 0 unspecified atom stereocenters. The summed E-state index contributed by atoms with van der Waals surface area (Å²) in [6.45, 7) is 1.65. The number of aromatic amines is 1. The number of primary amides is 1. The predicted octanol–water partition coefficient (Wildman–Crippen LogP) is -1.23. The third kappa shape index (κ3) is 2.46. The molecule has 1 heterocycles. The van der Waals surface area contributed by atoms with Crippen LogP contribution in [0.25, 0.3) is 0 Å². The Hall–Kier alpha value is -2.05. The van der Waals surface area contributed by atoms with Crippen LogP contribution >= 0.6 is 0 Å². The number of nitrogens with one attached hydrogen (secondary N) is 2. The van der Waals surface area contributed by atoms with Crippen LogP contribution in [0.3, 0.4) is 0 Å². The quantitative estimate of drug-likeness (QED) is 0.497. The molecule has 15 heavy (non-hydrogen) atoms. The first-order valence-electron chi connectivity index (χ1n) is 4.45. The van der Waals surface area contributed by atoms with E-state index in [0.29, 0.717) is 17.8 Å². The number of nitrogens with two attached hydrogens (primary N) is 2. The van der Waals surface area contributed by atoms with Gasteiger partial charge in [-0.3, -0.25) is 14.7 Å². The normalized spacial score (nSPS) is 9.93. The number of carbonyl (C=O) groups excluding carboxylic acids is 2. The minimum Gasteiger partial charge on any atom is -0.395 e. The van der Waals surface area contributed by atoms with Gasteiger partial charge >= 0.3 is 0 Å². The summed E-state index contributed by atoms with van der Waals surface area (Å²) in [4.78, 5) is 21.8. The van der Waals surface area contributed by atoms with Crippen LogP contribution in [-0.4, -0.2) is 28.6 Å². The SMILES string of the molecule is CCc1[nH]nc(C(=O)NCC(N)=O)c1N. The number of aromatic nitrogens is 2. The molecule has 1 aromatic heterocycles. The van der Waals surface area contributed by atoms with Crippen LogP contribution in [0.15, 0.2) is 0 Å². The van der Waals surface area contributed by atoms with Crippen LogP contribution in [0, 0.1) is 0 Å². The van der Waals surface area contributed by atoms with E-state index in [-0.39, 0.29) is 12.2 Å². The molecule has 0 aliphatic heterocycles. The molecule has 1 aromatic rings. The lowest BCUT2D eigenvalue weighted by molar-refractivity contribution is -0.117. The highest BCUT2D eigenvalue weighted by molar-refractivity contribution is 5.99. The van der Waals surface area contributed by atoms with E-state index in [9.17, 15) is 9.59 Å². The summed E-state index contributed by atoms with van der Waals surface area (Å²) in [5, 5.41) is 8.69. The Morgan fingerprint density at radius 1 is 1.53 bits per heavy atom. The molecule has 82 valence electrons. The molecule has 0 saturated carbocycles. The molecule has 7 heteroatoms. The van der Waals surface area contributed by atoms with E-state index in [1.807, 2.05) is 6.92 Å². The van der Waals surface area contributed by atoms with Gasteiger partial charge in [0.25, 0.3) is 5.91 Å².